The van der Waals surface area contributed by atoms with Gasteiger partial charge in [0, 0.05) is 0 Å². The van der Waals surface area contributed by atoms with E-state index in [4.69, 9.17) is 0 Å². The summed E-state index contributed by atoms with van der Waals surface area (Å²) in [7, 11) is 0. The Bertz CT molecular complexity index is 465. The van der Waals surface area contributed by atoms with Crippen molar-refractivity contribution in [2.24, 2.45) is 52.3 Å². The molecule has 4 fully saturated rings. The van der Waals surface area contributed by atoms with Crippen molar-refractivity contribution in [3.05, 3.63) is 0 Å². The minimum atomic E-state index is 0.674. The van der Waals surface area contributed by atoms with Gasteiger partial charge < -0.3 is 0 Å². The van der Waals surface area contributed by atoms with Crippen LogP contribution in [0.2, 0.25) is 0 Å². The topological polar surface area (TPSA) is 0 Å². The van der Waals surface area contributed by atoms with E-state index in [0.717, 1.165) is 41.4 Å². The molecule has 0 N–H and O–H groups in total. The van der Waals surface area contributed by atoms with Gasteiger partial charge >= 0.3 is 0 Å². The molecule has 8 atom stereocenters. The lowest BCUT2D eigenvalue weighted by Gasteiger charge is -2.58. The fraction of sp³-hybridized carbons (Fsp3) is 1.00. The largest absolute Gasteiger partial charge is 0.0649 e. The van der Waals surface area contributed by atoms with Crippen LogP contribution in [-0.2, 0) is 0 Å². The van der Waals surface area contributed by atoms with Crippen molar-refractivity contribution in [1.82, 2.24) is 0 Å². The summed E-state index contributed by atoms with van der Waals surface area (Å²) >= 11 is 0. The van der Waals surface area contributed by atoms with E-state index in [1.54, 1.807) is 44.9 Å². The second-order valence-electron chi connectivity index (χ2n) is 11.3. The Kier molecular flexibility index (Phi) is 4.37. The standard InChI is InChI=1S/C24H42/c1-6-23(4)13-11-18-17(15-23)7-8-20-19(18)12-14-24(5)21(16(2)3)9-10-22(20)24/h16-22H,6-15H2,1-5H3/t17?,18?,19?,20?,21?,22?,23-,24?/m0/s1. The molecule has 4 saturated carbocycles. The van der Waals surface area contributed by atoms with E-state index in [1.807, 2.05) is 0 Å². The summed E-state index contributed by atoms with van der Waals surface area (Å²) in [6.45, 7) is 12.7. The summed E-state index contributed by atoms with van der Waals surface area (Å²) in [4.78, 5) is 0. The molecule has 4 rings (SSSR count). The third kappa shape index (κ3) is 2.52. The highest BCUT2D eigenvalue weighted by Gasteiger charge is 2.57. The van der Waals surface area contributed by atoms with Crippen LogP contribution in [0.5, 0.6) is 0 Å². The van der Waals surface area contributed by atoms with E-state index in [2.05, 4.69) is 34.6 Å². The zero-order chi connectivity index (χ0) is 17.1. The molecule has 0 heterocycles. The van der Waals surface area contributed by atoms with Gasteiger partial charge in [0.1, 0.15) is 0 Å². The summed E-state index contributed by atoms with van der Waals surface area (Å²) in [5, 5.41) is 0. The maximum Gasteiger partial charge on any atom is -0.0264 e. The van der Waals surface area contributed by atoms with Crippen molar-refractivity contribution in [3.63, 3.8) is 0 Å². The molecule has 0 radical (unpaired) electrons. The Morgan fingerprint density at radius 1 is 0.833 bits per heavy atom. The van der Waals surface area contributed by atoms with Crippen LogP contribution in [0, 0.1) is 52.3 Å². The first-order valence-electron chi connectivity index (χ1n) is 11.4. The second-order valence-corrected chi connectivity index (χ2v) is 11.3. The number of rotatable bonds is 2. The van der Waals surface area contributed by atoms with E-state index < -0.39 is 0 Å². The van der Waals surface area contributed by atoms with E-state index >= 15 is 0 Å². The lowest BCUT2D eigenvalue weighted by atomic mass is 9.47. The first-order chi connectivity index (χ1) is 11.4. The third-order valence-electron chi connectivity index (χ3n) is 10.1. The Balaban J connectivity index is 1.53. The summed E-state index contributed by atoms with van der Waals surface area (Å²) in [5.41, 5.74) is 1.36. The predicted molar refractivity (Wildman–Crippen MR) is 104 cm³/mol. The molecule has 0 saturated heterocycles. The number of hydrogen-bond acceptors (Lipinski definition) is 0. The van der Waals surface area contributed by atoms with Crippen molar-refractivity contribution < 1.29 is 0 Å². The molecule has 0 aromatic rings. The second kappa shape index (κ2) is 6.02. The third-order valence-corrected chi connectivity index (χ3v) is 10.1. The molecule has 0 aromatic heterocycles. The fourth-order valence-corrected chi connectivity index (χ4v) is 8.64. The first-order valence-corrected chi connectivity index (χ1v) is 11.4. The van der Waals surface area contributed by atoms with Crippen molar-refractivity contribution in [2.45, 2.75) is 98.8 Å². The first kappa shape index (κ1) is 17.4. The molecule has 0 heteroatoms. The maximum atomic E-state index is 2.70. The van der Waals surface area contributed by atoms with Crippen LogP contribution in [0.4, 0.5) is 0 Å². The van der Waals surface area contributed by atoms with Crippen LogP contribution in [0.25, 0.3) is 0 Å². The van der Waals surface area contributed by atoms with Gasteiger partial charge in [0.25, 0.3) is 0 Å². The minimum absolute atomic E-state index is 0.674. The monoisotopic (exact) mass is 330 g/mol. The van der Waals surface area contributed by atoms with Crippen molar-refractivity contribution >= 4 is 0 Å². The predicted octanol–water partition coefficient (Wildman–Crippen LogP) is 7.33. The molecule has 0 spiro atoms. The van der Waals surface area contributed by atoms with E-state index in [-0.39, 0.29) is 0 Å². The zero-order valence-electron chi connectivity index (χ0n) is 17.1. The Morgan fingerprint density at radius 2 is 1.58 bits per heavy atom. The van der Waals surface area contributed by atoms with Crippen LogP contribution in [0.3, 0.4) is 0 Å². The maximum absolute atomic E-state index is 2.70. The molecule has 0 aliphatic heterocycles. The lowest BCUT2D eigenvalue weighted by molar-refractivity contribution is -0.0822. The Hall–Kier alpha value is 0. The molecule has 138 valence electrons. The Labute approximate surface area is 151 Å². The van der Waals surface area contributed by atoms with E-state index in [1.165, 1.54) is 19.3 Å². The van der Waals surface area contributed by atoms with Gasteiger partial charge in [-0.05, 0) is 110 Å². The summed E-state index contributed by atoms with van der Waals surface area (Å²) in [6, 6.07) is 0. The van der Waals surface area contributed by atoms with Gasteiger partial charge in [0.2, 0.25) is 0 Å². The highest BCUT2D eigenvalue weighted by molar-refractivity contribution is 5.07. The van der Waals surface area contributed by atoms with Gasteiger partial charge in [0.15, 0.2) is 0 Å². The average molecular weight is 331 g/mol. The van der Waals surface area contributed by atoms with Crippen molar-refractivity contribution in [3.8, 4) is 0 Å². The molecule has 0 amide bonds. The molecular formula is C24H42. The van der Waals surface area contributed by atoms with Crippen molar-refractivity contribution in [1.29, 1.82) is 0 Å². The molecule has 4 aliphatic carbocycles. The summed E-state index contributed by atoms with van der Waals surface area (Å²) in [6.07, 6.45) is 15.4. The van der Waals surface area contributed by atoms with Gasteiger partial charge in [-0.25, -0.2) is 0 Å². The van der Waals surface area contributed by atoms with Crippen LogP contribution in [0.1, 0.15) is 98.8 Å². The lowest BCUT2D eigenvalue weighted by Crippen LogP contribution is -2.49. The van der Waals surface area contributed by atoms with Crippen LogP contribution in [0.15, 0.2) is 0 Å². The number of hydrogen-bond donors (Lipinski definition) is 0. The fourth-order valence-electron chi connectivity index (χ4n) is 8.64. The van der Waals surface area contributed by atoms with Crippen LogP contribution in [-0.4, -0.2) is 0 Å². The molecular weight excluding hydrogens is 288 g/mol. The molecule has 7 unspecified atom stereocenters. The molecule has 24 heavy (non-hydrogen) atoms. The van der Waals surface area contributed by atoms with Gasteiger partial charge in [-0.15, -0.1) is 0 Å². The molecule has 4 aliphatic rings. The van der Waals surface area contributed by atoms with E-state index in [0.29, 0.717) is 10.8 Å². The van der Waals surface area contributed by atoms with Gasteiger partial charge in [-0.2, -0.15) is 0 Å². The van der Waals surface area contributed by atoms with Crippen molar-refractivity contribution in [2.75, 3.05) is 0 Å². The highest BCUT2D eigenvalue weighted by Crippen LogP contribution is 2.66. The van der Waals surface area contributed by atoms with Gasteiger partial charge in [0.05, 0.1) is 0 Å². The molecule has 0 bridgehead atoms. The minimum Gasteiger partial charge on any atom is -0.0649 e. The molecule has 0 aromatic carbocycles. The zero-order valence-corrected chi connectivity index (χ0v) is 17.1. The smallest absolute Gasteiger partial charge is 0.0264 e. The summed E-state index contributed by atoms with van der Waals surface area (Å²) in [5.74, 6) is 7.37. The van der Waals surface area contributed by atoms with E-state index in [9.17, 15) is 0 Å². The summed E-state index contributed by atoms with van der Waals surface area (Å²) < 4.78 is 0. The quantitative estimate of drug-likeness (QED) is 0.497. The highest BCUT2D eigenvalue weighted by atomic mass is 14.6. The van der Waals surface area contributed by atoms with Gasteiger partial charge in [-0.1, -0.05) is 41.0 Å². The van der Waals surface area contributed by atoms with Crippen LogP contribution < -0.4 is 0 Å². The molecule has 0 nitrogen and oxygen atoms in total. The SMILES string of the molecule is CC[C@@]1(C)CCC2C(CCC3C2CCC2(C)C(C(C)C)CCC32)C1. The van der Waals surface area contributed by atoms with Gasteiger partial charge in [-0.3, -0.25) is 0 Å². The number of fused-ring (bicyclic) bond motifs is 5. The average Bonchev–Trinajstić information content (AvgIpc) is 2.91. The normalized spacial score (nSPS) is 54.2. The Morgan fingerprint density at radius 3 is 2.29 bits per heavy atom. The van der Waals surface area contributed by atoms with Crippen LogP contribution >= 0.6 is 0 Å².